The Balaban J connectivity index is 1.77. The van der Waals surface area contributed by atoms with E-state index in [0.717, 1.165) is 22.2 Å². The molecule has 0 saturated carbocycles. The summed E-state index contributed by atoms with van der Waals surface area (Å²) in [6.45, 7) is 2.61. The molecule has 0 aliphatic carbocycles. The topological polar surface area (TPSA) is 77.2 Å². The lowest BCUT2D eigenvalue weighted by molar-refractivity contribution is 0.340. The van der Waals surface area contributed by atoms with Crippen LogP contribution in [0.25, 0.3) is 16.4 Å². The number of rotatable bonds is 4. The first-order valence-corrected chi connectivity index (χ1v) is 7.32. The molecule has 0 unspecified atom stereocenters. The molecule has 0 aliphatic heterocycles. The lowest BCUT2D eigenvalue weighted by atomic mass is 10.2. The van der Waals surface area contributed by atoms with Gasteiger partial charge >= 0.3 is 0 Å². The van der Waals surface area contributed by atoms with E-state index in [1.54, 1.807) is 0 Å². The van der Waals surface area contributed by atoms with Gasteiger partial charge in [-0.1, -0.05) is 24.3 Å². The summed E-state index contributed by atoms with van der Waals surface area (Å²) in [4.78, 5) is 0. The van der Waals surface area contributed by atoms with E-state index in [1.807, 2.05) is 55.5 Å². The fraction of sp³-hybridized carbons (Fsp3) is 0.125. The average molecular weight is 306 g/mol. The molecule has 0 spiro atoms. The van der Waals surface area contributed by atoms with Gasteiger partial charge in [0.05, 0.1) is 6.61 Å². The SMILES string of the molecule is CCOc1ccc(Nc2nn3nnnc3c3ccccc23)cc1. The molecule has 23 heavy (non-hydrogen) atoms. The minimum atomic E-state index is 0.637. The standard InChI is InChI=1S/C16H14N6O/c1-2-23-12-9-7-11(8-10-12)17-15-13-5-3-4-6-14(13)16-18-20-21-22(16)19-15/h3-10H,2H2,1H3,(H,17,19). The van der Waals surface area contributed by atoms with E-state index >= 15 is 0 Å². The van der Waals surface area contributed by atoms with Gasteiger partial charge in [0, 0.05) is 16.5 Å². The van der Waals surface area contributed by atoms with E-state index in [1.165, 1.54) is 4.63 Å². The molecule has 0 atom stereocenters. The van der Waals surface area contributed by atoms with Crippen molar-refractivity contribution in [2.75, 3.05) is 11.9 Å². The summed E-state index contributed by atoms with van der Waals surface area (Å²) in [6, 6.07) is 15.6. The van der Waals surface area contributed by atoms with Gasteiger partial charge in [-0.3, -0.25) is 0 Å². The zero-order valence-corrected chi connectivity index (χ0v) is 12.5. The molecule has 2 aromatic heterocycles. The molecule has 0 saturated heterocycles. The van der Waals surface area contributed by atoms with Crippen molar-refractivity contribution < 1.29 is 4.74 Å². The van der Waals surface area contributed by atoms with E-state index in [0.29, 0.717) is 18.1 Å². The quantitative estimate of drug-likeness (QED) is 0.624. The maximum absolute atomic E-state index is 5.45. The first-order chi connectivity index (χ1) is 11.3. The van der Waals surface area contributed by atoms with Gasteiger partial charge in [0.2, 0.25) is 5.65 Å². The molecular formula is C16H14N6O. The smallest absolute Gasteiger partial charge is 0.207 e. The summed E-state index contributed by atoms with van der Waals surface area (Å²) < 4.78 is 6.88. The highest BCUT2D eigenvalue weighted by Gasteiger charge is 2.10. The second kappa shape index (κ2) is 5.53. The van der Waals surface area contributed by atoms with Crippen LogP contribution in [0.3, 0.4) is 0 Å². The van der Waals surface area contributed by atoms with Crippen LogP contribution < -0.4 is 10.1 Å². The van der Waals surface area contributed by atoms with Gasteiger partial charge in [-0.05, 0) is 41.6 Å². The van der Waals surface area contributed by atoms with Crippen molar-refractivity contribution in [3.63, 3.8) is 0 Å². The van der Waals surface area contributed by atoms with Gasteiger partial charge in [0.15, 0.2) is 5.82 Å². The highest BCUT2D eigenvalue weighted by atomic mass is 16.5. The van der Waals surface area contributed by atoms with Gasteiger partial charge < -0.3 is 10.1 Å². The Morgan fingerprint density at radius 2 is 1.83 bits per heavy atom. The van der Waals surface area contributed by atoms with E-state index in [-0.39, 0.29) is 0 Å². The van der Waals surface area contributed by atoms with Gasteiger partial charge in [-0.15, -0.1) is 14.8 Å². The highest BCUT2D eigenvalue weighted by Crippen LogP contribution is 2.26. The van der Waals surface area contributed by atoms with Gasteiger partial charge in [0.25, 0.3) is 0 Å². The number of nitrogens with one attached hydrogen (secondary N) is 1. The minimum absolute atomic E-state index is 0.637. The number of ether oxygens (including phenoxy) is 1. The number of benzene rings is 2. The van der Waals surface area contributed by atoms with Crippen molar-refractivity contribution in [1.82, 2.24) is 25.3 Å². The molecule has 114 valence electrons. The zero-order valence-electron chi connectivity index (χ0n) is 12.5. The molecule has 7 heteroatoms. The molecule has 1 N–H and O–H groups in total. The van der Waals surface area contributed by atoms with E-state index in [9.17, 15) is 0 Å². The number of aromatic nitrogens is 5. The predicted molar refractivity (Wildman–Crippen MR) is 87.0 cm³/mol. The minimum Gasteiger partial charge on any atom is -0.494 e. The molecule has 2 heterocycles. The third kappa shape index (κ3) is 2.42. The Morgan fingerprint density at radius 3 is 2.61 bits per heavy atom. The summed E-state index contributed by atoms with van der Waals surface area (Å²) in [5.41, 5.74) is 1.55. The molecule has 7 nitrogen and oxygen atoms in total. The Hall–Kier alpha value is -3.22. The zero-order chi connectivity index (χ0) is 15.6. The van der Waals surface area contributed by atoms with Crippen LogP contribution in [0.5, 0.6) is 5.75 Å². The van der Waals surface area contributed by atoms with Gasteiger partial charge in [0.1, 0.15) is 5.75 Å². The summed E-state index contributed by atoms with van der Waals surface area (Å²) in [5.74, 6) is 1.54. The Kier molecular flexibility index (Phi) is 3.23. The van der Waals surface area contributed by atoms with Crippen molar-refractivity contribution in [2.24, 2.45) is 0 Å². The molecule has 0 radical (unpaired) electrons. The van der Waals surface area contributed by atoms with Crippen molar-refractivity contribution in [3.05, 3.63) is 48.5 Å². The van der Waals surface area contributed by atoms with Crippen LogP contribution in [0.2, 0.25) is 0 Å². The highest BCUT2D eigenvalue weighted by molar-refractivity contribution is 6.00. The van der Waals surface area contributed by atoms with Crippen molar-refractivity contribution in [1.29, 1.82) is 0 Å². The number of fused-ring (bicyclic) bond motifs is 3. The molecule has 0 bridgehead atoms. The van der Waals surface area contributed by atoms with Crippen LogP contribution >= 0.6 is 0 Å². The summed E-state index contributed by atoms with van der Waals surface area (Å²) in [7, 11) is 0. The van der Waals surface area contributed by atoms with Crippen molar-refractivity contribution in [2.45, 2.75) is 6.92 Å². The number of nitrogens with zero attached hydrogens (tertiary/aromatic N) is 5. The van der Waals surface area contributed by atoms with Crippen LogP contribution in [-0.2, 0) is 0 Å². The van der Waals surface area contributed by atoms with Gasteiger partial charge in [-0.25, -0.2) is 0 Å². The normalized spacial score (nSPS) is 11.0. The van der Waals surface area contributed by atoms with Crippen LogP contribution in [-0.4, -0.2) is 31.9 Å². The predicted octanol–water partition coefficient (Wildman–Crippen LogP) is 2.81. The largest absolute Gasteiger partial charge is 0.494 e. The van der Waals surface area contributed by atoms with E-state index in [2.05, 4.69) is 25.9 Å². The molecule has 4 rings (SSSR count). The third-order valence-electron chi connectivity index (χ3n) is 3.50. The molecule has 0 amide bonds. The Morgan fingerprint density at radius 1 is 1.04 bits per heavy atom. The lowest BCUT2D eigenvalue weighted by Gasteiger charge is -2.10. The van der Waals surface area contributed by atoms with E-state index < -0.39 is 0 Å². The average Bonchev–Trinajstić information content (AvgIpc) is 3.06. The second-order valence-electron chi connectivity index (χ2n) is 4.97. The van der Waals surface area contributed by atoms with Crippen LogP contribution in [0.1, 0.15) is 6.92 Å². The van der Waals surface area contributed by atoms with Crippen LogP contribution in [0.15, 0.2) is 48.5 Å². The first-order valence-electron chi connectivity index (χ1n) is 7.32. The monoisotopic (exact) mass is 306 g/mol. The Bertz CT molecular complexity index is 963. The maximum atomic E-state index is 5.45. The molecule has 0 aliphatic rings. The number of tetrazole rings is 1. The lowest BCUT2D eigenvalue weighted by Crippen LogP contribution is -2.02. The molecule has 4 aromatic rings. The maximum Gasteiger partial charge on any atom is 0.207 e. The third-order valence-corrected chi connectivity index (χ3v) is 3.50. The summed E-state index contributed by atoms with van der Waals surface area (Å²) >= 11 is 0. The summed E-state index contributed by atoms with van der Waals surface area (Å²) in [5, 5.41) is 21.3. The second-order valence-corrected chi connectivity index (χ2v) is 4.97. The Labute approximate surface area is 131 Å². The van der Waals surface area contributed by atoms with Crippen LogP contribution in [0.4, 0.5) is 11.5 Å². The molecule has 0 fully saturated rings. The van der Waals surface area contributed by atoms with Crippen LogP contribution in [0, 0.1) is 0 Å². The number of hydrogen-bond acceptors (Lipinski definition) is 6. The summed E-state index contributed by atoms with van der Waals surface area (Å²) in [6.07, 6.45) is 0. The fourth-order valence-electron chi connectivity index (χ4n) is 2.47. The molecular weight excluding hydrogens is 292 g/mol. The van der Waals surface area contributed by atoms with Gasteiger partial charge in [-0.2, -0.15) is 0 Å². The fourth-order valence-corrected chi connectivity index (χ4v) is 2.47. The molecule has 2 aromatic carbocycles. The van der Waals surface area contributed by atoms with E-state index in [4.69, 9.17) is 4.74 Å². The number of hydrogen-bond donors (Lipinski definition) is 1. The first kappa shape index (κ1) is 13.4. The number of anilines is 2. The van der Waals surface area contributed by atoms with Crippen molar-refractivity contribution >= 4 is 27.9 Å². The van der Waals surface area contributed by atoms with Crippen molar-refractivity contribution in [3.8, 4) is 5.75 Å².